The highest BCUT2D eigenvalue weighted by Crippen LogP contribution is 2.35. The Balaban J connectivity index is 1.60. The van der Waals surface area contributed by atoms with Crippen molar-refractivity contribution in [2.24, 2.45) is 0 Å². The van der Waals surface area contributed by atoms with Crippen molar-refractivity contribution in [3.05, 3.63) is 114 Å². The Bertz CT molecular complexity index is 1430. The molecule has 0 unspecified atom stereocenters. The molecule has 32 heavy (non-hydrogen) atoms. The molecular weight excluding hydrogens is 418 g/mol. The molecule has 154 valence electrons. The molecule has 1 amide bonds. The number of benzene rings is 3. The zero-order valence-electron chi connectivity index (χ0n) is 17.0. The number of nitrogens with zero attached hydrogens (tertiary/aromatic N) is 2. The van der Waals surface area contributed by atoms with Gasteiger partial charge in [0, 0.05) is 33.9 Å². The topological polar surface area (TPSA) is 54.9 Å². The zero-order valence-corrected chi connectivity index (χ0v) is 17.8. The van der Waals surface area contributed by atoms with Crippen LogP contribution in [0.5, 0.6) is 0 Å². The van der Waals surface area contributed by atoms with Crippen molar-refractivity contribution in [2.75, 3.05) is 5.32 Å². The first kappa shape index (κ1) is 19.9. The van der Waals surface area contributed by atoms with Gasteiger partial charge in [-0.15, -0.1) is 0 Å². The third-order valence-electron chi connectivity index (χ3n) is 5.27. The molecule has 0 atom stereocenters. The van der Waals surface area contributed by atoms with E-state index in [1.165, 1.54) is 0 Å². The van der Waals surface area contributed by atoms with Gasteiger partial charge in [0.05, 0.1) is 16.9 Å². The fourth-order valence-corrected chi connectivity index (χ4v) is 3.97. The highest BCUT2D eigenvalue weighted by Gasteiger charge is 2.18. The standard InChI is InChI=1S/C27H18ClN3O/c28-19-13-14-22(27(32)31-25-12-5-7-18-8-6-16-30-26(18)25)23(17-19)20-9-1-2-10-21(20)24-11-3-4-15-29-24/h1-17H,(H,31,32). The van der Waals surface area contributed by atoms with Crippen LogP contribution < -0.4 is 5.32 Å². The highest BCUT2D eigenvalue weighted by atomic mass is 35.5. The van der Waals surface area contributed by atoms with Crippen molar-refractivity contribution in [3.63, 3.8) is 0 Å². The SMILES string of the molecule is O=C(Nc1cccc2cccnc12)c1ccc(Cl)cc1-c1ccccc1-c1ccccn1. The smallest absolute Gasteiger partial charge is 0.256 e. The molecule has 0 bridgehead atoms. The number of rotatable bonds is 4. The van der Waals surface area contributed by atoms with E-state index < -0.39 is 0 Å². The largest absolute Gasteiger partial charge is 0.320 e. The van der Waals surface area contributed by atoms with Crippen LogP contribution in [0.2, 0.25) is 5.02 Å². The number of hydrogen-bond acceptors (Lipinski definition) is 3. The molecule has 0 fully saturated rings. The Morgan fingerprint density at radius 3 is 2.34 bits per heavy atom. The lowest BCUT2D eigenvalue weighted by molar-refractivity contribution is 0.102. The quantitative estimate of drug-likeness (QED) is 0.335. The number of carbonyl (C=O) groups is 1. The molecule has 0 aliphatic rings. The number of carbonyl (C=O) groups excluding carboxylic acids is 1. The molecule has 0 saturated carbocycles. The minimum absolute atomic E-state index is 0.231. The summed E-state index contributed by atoms with van der Waals surface area (Å²) in [6.45, 7) is 0. The van der Waals surface area contributed by atoms with Gasteiger partial charge in [-0.1, -0.05) is 60.1 Å². The fraction of sp³-hybridized carbons (Fsp3) is 0. The summed E-state index contributed by atoms with van der Waals surface area (Å²) >= 11 is 6.35. The number of amides is 1. The van der Waals surface area contributed by atoms with E-state index in [9.17, 15) is 4.79 Å². The van der Waals surface area contributed by atoms with Crippen LogP contribution in [0.1, 0.15) is 10.4 Å². The molecule has 5 aromatic rings. The zero-order chi connectivity index (χ0) is 21.9. The molecule has 3 aromatic carbocycles. The van der Waals surface area contributed by atoms with Crippen LogP contribution in [0.25, 0.3) is 33.3 Å². The molecular formula is C27H18ClN3O. The summed E-state index contributed by atoms with van der Waals surface area (Å²) < 4.78 is 0. The fourth-order valence-electron chi connectivity index (χ4n) is 3.80. The van der Waals surface area contributed by atoms with Crippen LogP contribution in [0.3, 0.4) is 0 Å². The second kappa shape index (κ2) is 8.61. The summed E-state index contributed by atoms with van der Waals surface area (Å²) in [6, 6.07) is 28.5. The first-order chi connectivity index (χ1) is 15.7. The van der Waals surface area contributed by atoms with Gasteiger partial charge in [0.25, 0.3) is 5.91 Å². The first-order valence-corrected chi connectivity index (χ1v) is 10.5. The van der Waals surface area contributed by atoms with E-state index in [0.717, 1.165) is 33.3 Å². The number of halogens is 1. The number of aromatic nitrogens is 2. The normalized spacial score (nSPS) is 10.8. The van der Waals surface area contributed by atoms with Crippen LogP contribution in [0.15, 0.2) is 103 Å². The van der Waals surface area contributed by atoms with Crippen LogP contribution in [-0.2, 0) is 0 Å². The molecule has 5 rings (SSSR count). The van der Waals surface area contributed by atoms with Crippen LogP contribution in [-0.4, -0.2) is 15.9 Å². The van der Waals surface area contributed by atoms with Crippen LogP contribution >= 0.6 is 11.6 Å². The minimum Gasteiger partial charge on any atom is -0.320 e. The van der Waals surface area contributed by atoms with Crippen molar-refractivity contribution in [2.45, 2.75) is 0 Å². The Morgan fingerprint density at radius 2 is 1.50 bits per heavy atom. The van der Waals surface area contributed by atoms with E-state index in [1.807, 2.05) is 78.9 Å². The summed E-state index contributed by atoms with van der Waals surface area (Å²) in [4.78, 5) is 22.3. The molecule has 0 aliphatic heterocycles. The van der Waals surface area contributed by atoms with Crippen molar-refractivity contribution < 1.29 is 4.79 Å². The van der Waals surface area contributed by atoms with Gasteiger partial charge in [-0.25, -0.2) is 0 Å². The van der Waals surface area contributed by atoms with Crippen molar-refractivity contribution in [1.29, 1.82) is 0 Å². The summed E-state index contributed by atoms with van der Waals surface area (Å²) in [5.41, 5.74) is 5.30. The number of para-hydroxylation sites is 1. The molecule has 2 aromatic heterocycles. The van der Waals surface area contributed by atoms with E-state index in [0.29, 0.717) is 16.3 Å². The van der Waals surface area contributed by atoms with Gasteiger partial charge in [0.1, 0.15) is 0 Å². The first-order valence-electron chi connectivity index (χ1n) is 10.2. The second-order valence-electron chi connectivity index (χ2n) is 7.29. The van der Waals surface area contributed by atoms with E-state index in [4.69, 9.17) is 11.6 Å². The van der Waals surface area contributed by atoms with Gasteiger partial charge < -0.3 is 5.32 Å². The maximum Gasteiger partial charge on any atom is 0.256 e. The predicted octanol–water partition coefficient (Wildman–Crippen LogP) is 6.87. The lowest BCUT2D eigenvalue weighted by Gasteiger charge is -2.15. The van der Waals surface area contributed by atoms with Gasteiger partial charge in [0.2, 0.25) is 0 Å². The maximum atomic E-state index is 13.4. The third-order valence-corrected chi connectivity index (χ3v) is 5.50. The van der Waals surface area contributed by atoms with Gasteiger partial charge in [-0.3, -0.25) is 14.8 Å². The van der Waals surface area contributed by atoms with Crippen LogP contribution in [0.4, 0.5) is 5.69 Å². The third kappa shape index (κ3) is 3.84. The van der Waals surface area contributed by atoms with Crippen molar-refractivity contribution in [3.8, 4) is 22.4 Å². The average molecular weight is 436 g/mol. The molecule has 0 radical (unpaired) electrons. The summed E-state index contributed by atoms with van der Waals surface area (Å²) in [5.74, 6) is -0.231. The van der Waals surface area contributed by atoms with Crippen molar-refractivity contribution in [1.82, 2.24) is 9.97 Å². The van der Waals surface area contributed by atoms with Crippen molar-refractivity contribution >= 4 is 34.1 Å². The number of fused-ring (bicyclic) bond motifs is 1. The van der Waals surface area contributed by atoms with E-state index >= 15 is 0 Å². The molecule has 4 nitrogen and oxygen atoms in total. The number of nitrogens with one attached hydrogen (secondary N) is 1. The number of anilines is 1. The lowest BCUT2D eigenvalue weighted by atomic mass is 9.93. The summed E-state index contributed by atoms with van der Waals surface area (Å²) in [5, 5.41) is 4.55. The van der Waals surface area contributed by atoms with Gasteiger partial charge in [-0.05, 0) is 53.6 Å². The highest BCUT2D eigenvalue weighted by molar-refractivity contribution is 6.31. The Morgan fingerprint density at radius 1 is 0.719 bits per heavy atom. The minimum atomic E-state index is -0.231. The molecule has 0 aliphatic carbocycles. The monoisotopic (exact) mass is 435 g/mol. The average Bonchev–Trinajstić information content (AvgIpc) is 2.85. The van der Waals surface area contributed by atoms with E-state index in [1.54, 1.807) is 24.5 Å². The molecule has 2 heterocycles. The predicted molar refractivity (Wildman–Crippen MR) is 130 cm³/mol. The Hall–Kier alpha value is -4.02. The van der Waals surface area contributed by atoms with Gasteiger partial charge in [0.15, 0.2) is 0 Å². The van der Waals surface area contributed by atoms with Crippen LogP contribution in [0, 0.1) is 0 Å². The Kier molecular flexibility index (Phi) is 5.36. The van der Waals surface area contributed by atoms with E-state index in [-0.39, 0.29) is 5.91 Å². The molecule has 0 spiro atoms. The molecule has 0 saturated heterocycles. The Labute approximate surface area is 190 Å². The van der Waals surface area contributed by atoms with E-state index in [2.05, 4.69) is 15.3 Å². The van der Waals surface area contributed by atoms with Gasteiger partial charge in [-0.2, -0.15) is 0 Å². The maximum absolute atomic E-state index is 13.4. The second-order valence-corrected chi connectivity index (χ2v) is 7.72. The summed E-state index contributed by atoms with van der Waals surface area (Å²) in [6.07, 6.45) is 3.47. The molecule has 1 N–H and O–H groups in total. The lowest BCUT2D eigenvalue weighted by Crippen LogP contribution is -2.14. The number of hydrogen-bond donors (Lipinski definition) is 1. The number of pyridine rings is 2. The van der Waals surface area contributed by atoms with Gasteiger partial charge >= 0.3 is 0 Å². The summed E-state index contributed by atoms with van der Waals surface area (Å²) in [7, 11) is 0. The molecule has 5 heteroatoms.